The molecule has 1 fully saturated rings. The number of allylic oxidation sites excluding steroid dienone is 7. The molecule has 0 bridgehead atoms. The highest BCUT2D eigenvalue weighted by Gasteiger charge is 2.44. The summed E-state index contributed by atoms with van der Waals surface area (Å²) >= 11 is 0. The van der Waals surface area contributed by atoms with Crippen molar-refractivity contribution < 1.29 is 49.3 Å². The number of unbranched alkanes of at least 4 members (excludes halogenated alkanes) is 38. The smallest absolute Gasteiger partial charge is 0.305 e. The Morgan fingerprint density at radius 1 is 0.468 bits per heavy atom. The molecule has 0 radical (unpaired) electrons. The summed E-state index contributed by atoms with van der Waals surface area (Å²) in [6, 6.07) is -0.809. The van der Waals surface area contributed by atoms with Crippen LogP contribution < -0.4 is 5.32 Å². The molecule has 1 aliphatic heterocycles. The van der Waals surface area contributed by atoms with Gasteiger partial charge in [0.05, 0.1) is 32.0 Å². The van der Waals surface area contributed by atoms with Gasteiger partial charge in [-0.3, -0.25) is 9.59 Å². The second kappa shape index (κ2) is 57.4. The number of esters is 1. The van der Waals surface area contributed by atoms with Crippen molar-refractivity contribution in [3.63, 3.8) is 0 Å². The van der Waals surface area contributed by atoms with E-state index in [-0.39, 0.29) is 18.5 Å². The van der Waals surface area contributed by atoms with Crippen molar-refractivity contribution in [2.24, 2.45) is 0 Å². The van der Waals surface area contributed by atoms with Crippen molar-refractivity contribution in [1.82, 2.24) is 5.32 Å². The molecule has 11 nitrogen and oxygen atoms in total. The van der Waals surface area contributed by atoms with Gasteiger partial charge in [-0.25, -0.2) is 0 Å². The molecule has 0 spiro atoms. The first-order valence-electron chi connectivity index (χ1n) is 33.4. The Bertz CT molecular complexity index is 1450. The second-order valence-electron chi connectivity index (χ2n) is 23.2. The van der Waals surface area contributed by atoms with Gasteiger partial charge in [0.25, 0.3) is 0 Å². The van der Waals surface area contributed by atoms with E-state index in [1.165, 1.54) is 218 Å². The number of ether oxygens (including phenoxy) is 3. The molecule has 6 N–H and O–H groups in total. The lowest BCUT2D eigenvalue weighted by molar-refractivity contribution is -0.302. The Labute approximate surface area is 485 Å². The first kappa shape index (κ1) is 74.6. The van der Waals surface area contributed by atoms with Gasteiger partial charge in [-0.2, -0.15) is 0 Å². The molecule has 0 saturated carbocycles. The third-order valence-electron chi connectivity index (χ3n) is 15.7. The number of aliphatic hydroxyl groups excluding tert-OH is 5. The maximum Gasteiger partial charge on any atom is 0.305 e. The second-order valence-corrected chi connectivity index (χ2v) is 23.2. The Morgan fingerprint density at radius 2 is 0.861 bits per heavy atom. The monoisotopic (exact) mass is 1120 g/mol. The molecule has 1 heterocycles. The summed E-state index contributed by atoms with van der Waals surface area (Å²) in [5, 5.41) is 54.3. The molecule has 462 valence electrons. The van der Waals surface area contributed by atoms with Crippen molar-refractivity contribution in [1.29, 1.82) is 0 Å². The van der Waals surface area contributed by atoms with Gasteiger partial charge in [0.2, 0.25) is 5.91 Å². The topological polar surface area (TPSA) is 175 Å². The van der Waals surface area contributed by atoms with Crippen LogP contribution in [0.2, 0.25) is 0 Å². The summed E-state index contributed by atoms with van der Waals surface area (Å²) in [6.45, 7) is 4.28. The fraction of sp³-hybridized carbons (Fsp3) is 0.853. The van der Waals surface area contributed by atoms with Crippen LogP contribution in [0.4, 0.5) is 0 Å². The van der Waals surface area contributed by atoms with Gasteiger partial charge >= 0.3 is 5.97 Å². The van der Waals surface area contributed by atoms with E-state index in [1.54, 1.807) is 6.08 Å². The van der Waals surface area contributed by atoms with E-state index in [4.69, 9.17) is 14.2 Å². The summed E-state index contributed by atoms with van der Waals surface area (Å²) in [6.07, 6.45) is 63.9. The molecule has 79 heavy (non-hydrogen) atoms. The lowest BCUT2D eigenvalue weighted by atomic mass is 9.99. The van der Waals surface area contributed by atoms with E-state index in [0.717, 1.165) is 64.2 Å². The molecule has 1 rings (SSSR count). The molecule has 0 aromatic rings. The fourth-order valence-electron chi connectivity index (χ4n) is 10.3. The SMILES string of the molecule is CCCC/C=C\C/C=C\CCCCCCCC(=O)OCCCCCCCCCCCCCC/C=C\CCCCCCCCCCCCCCC(=O)NC(COC1OC(CO)C(O)C(O)C1O)C(O)/C=C/CCCCCCCCC. The van der Waals surface area contributed by atoms with E-state index in [2.05, 4.69) is 55.6 Å². The zero-order chi connectivity index (χ0) is 57.3. The molecule has 1 amide bonds. The van der Waals surface area contributed by atoms with Crippen LogP contribution in [0.3, 0.4) is 0 Å². The van der Waals surface area contributed by atoms with Crippen molar-refractivity contribution in [3.8, 4) is 0 Å². The largest absolute Gasteiger partial charge is 0.466 e. The quantitative estimate of drug-likeness (QED) is 0.0195. The van der Waals surface area contributed by atoms with Crippen LogP contribution in [0.15, 0.2) is 48.6 Å². The third kappa shape index (κ3) is 46.8. The van der Waals surface area contributed by atoms with Crippen molar-refractivity contribution in [2.45, 2.75) is 352 Å². The molecule has 1 aliphatic rings. The molecule has 11 heteroatoms. The van der Waals surface area contributed by atoms with Crippen LogP contribution in [0.1, 0.15) is 309 Å². The molecule has 7 atom stereocenters. The molecule has 0 aromatic heterocycles. The van der Waals surface area contributed by atoms with Crippen LogP contribution in [-0.2, 0) is 23.8 Å². The summed E-state index contributed by atoms with van der Waals surface area (Å²) in [7, 11) is 0. The van der Waals surface area contributed by atoms with Crippen molar-refractivity contribution in [3.05, 3.63) is 48.6 Å². The molecule has 0 aliphatic carbocycles. The third-order valence-corrected chi connectivity index (χ3v) is 15.7. The number of aliphatic hydroxyl groups is 5. The minimum absolute atomic E-state index is 0.00825. The van der Waals surface area contributed by atoms with Crippen LogP contribution in [0, 0.1) is 0 Å². The maximum atomic E-state index is 13.0. The first-order valence-corrected chi connectivity index (χ1v) is 33.4. The van der Waals surface area contributed by atoms with E-state index >= 15 is 0 Å². The van der Waals surface area contributed by atoms with Gasteiger partial charge in [0.15, 0.2) is 6.29 Å². The minimum atomic E-state index is -1.57. The van der Waals surface area contributed by atoms with Crippen LogP contribution in [0.25, 0.3) is 0 Å². The van der Waals surface area contributed by atoms with E-state index in [0.29, 0.717) is 19.4 Å². The maximum absolute atomic E-state index is 13.0. The van der Waals surface area contributed by atoms with Gasteiger partial charge in [0, 0.05) is 12.8 Å². The number of rotatable bonds is 58. The van der Waals surface area contributed by atoms with E-state index < -0.39 is 49.5 Å². The lowest BCUT2D eigenvalue weighted by Crippen LogP contribution is -2.60. The summed E-state index contributed by atoms with van der Waals surface area (Å²) in [5.41, 5.74) is 0. The van der Waals surface area contributed by atoms with Crippen LogP contribution in [0.5, 0.6) is 0 Å². The van der Waals surface area contributed by atoms with Crippen LogP contribution >= 0.6 is 0 Å². The molecule has 7 unspecified atom stereocenters. The fourth-order valence-corrected chi connectivity index (χ4v) is 10.3. The zero-order valence-electron chi connectivity index (χ0n) is 51.1. The average molecular weight is 1120 g/mol. The number of amides is 1. The number of hydrogen-bond acceptors (Lipinski definition) is 10. The Hall–Kier alpha value is -2.38. The summed E-state index contributed by atoms with van der Waals surface area (Å²) < 4.78 is 16.7. The van der Waals surface area contributed by atoms with E-state index in [1.807, 2.05) is 6.08 Å². The zero-order valence-corrected chi connectivity index (χ0v) is 51.1. The standard InChI is InChI=1S/C68H125NO10/c1-3-5-7-9-11-13-14-15-33-36-40-44-48-52-56-64(73)77-57-53-49-45-41-37-34-31-29-27-25-23-21-19-17-16-18-20-22-24-26-28-30-32-35-39-43-47-51-55-63(72)69-60(61(71)54-50-46-42-38-12-10-8-6-4-2)59-78-68-67(76)66(75)65(74)62(58-70)79-68/h9,11,14-17,50,54,60-62,65-68,70-71,74-76H,3-8,10,12-13,18-49,51-53,55-59H2,1-2H3,(H,69,72)/b11-9-,15-14-,17-16-,54-50+. The lowest BCUT2D eigenvalue weighted by Gasteiger charge is -2.40. The Balaban J connectivity index is 1.94. The Morgan fingerprint density at radius 3 is 1.33 bits per heavy atom. The predicted octanol–water partition coefficient (Wildman–Crippen LogP) is 16.4. The molecule has 0 aromatic carbocycles. The Kier molecular flexibility index (Phi) is 54.3. The van der Waals surface area contributed by atoms with Gasteiger partial charge in [0.1, 0.15) is 24.4 Å². The number of hydrogen-bond donors (Lipinski definition) is 6. The molecule has 1 saturated heterocycles. The normalized spacial score (nSPS) is 18.7. The molecular formula is C68H125NO10. The van der Waals surface area contributed by atoms with Gasteiger partial charge in [-0.15, -0.1) is 0 Å². The van der Waals surface area contributed by atoms with Gasteiger partial charge in [-0.1, -0.05) is 262 Å². The number of nitrogens with one attached hydrogen (secondary N) is 1. The minimum Gasteiger partial charge on any atom is -0.466 e. The number of carbonyl (C=O) groups excluding carboxylic acids is 2. The predicted molar refractivity (Wildman–Crippen MR) is 329 cm³/mol. The summed E-state index contributed by atoms with van der Waals surface area (Å²) in [4.78, 5) is 25.1. The highest BCUT2D eigenvalue weighted by atomic mass is 16.7. The van der Waals surface area contributed by atoms with Gasteiger partial charge < -0.3 is 45.1 Å². The van der Waals surface area contributed by atoms with Crippen molar-refractivity contribution >= 4 is 11.9 Å². The van der Waals surface area contributed by atoms with Crippen LogP contribution in [-0.4, -0.2) is 100 Å². The first-order chi connectivity index (χ1) is 38.7. The van der Waals surface area contributed by atoms with E-state index in [9.17, 15) is 35.1 Å². The van der Waals surface area contributed by atoms with Crippen molar-refractivity contribution in [2.75, 3.05) is 19.8 Å². The summed E-state index contributed by atoms with van der Waals surface area (Å²) in [5.74, 6) is -0.192. The molecular weight excluding hydrogens is 991 g/mol. The number of carbonyl (C=O) groups is 2. The van der Waals surface area contributed by atoms with Gasteiger partial charge in [-0.05, 0) is 83.5 Å². The average Bonchev–Trinajstić information content (AvgIpc) is 3.47. The highest BCUT2D eigenvalue weighted by molar-refractivity contribution is 5.76. The highest BCUT2D eigenvalue weighted by Crippen LogP contribution is 2.23.